The quantitative estimate of drug-likeness (QED) is 0.849. The summed E-state index contributed by atoms with van der Waals surface area (Å²) in [4.78, 5) is 25.8. The standard InChI is InChI=1S/C17H24N2O4/c1-3-14-4-6-15(7-5-14)23-12-16(20)18-13(2)17(21)19-8-10-22-11-9-19/h4-7,13H,3,8-12H2,1-2H3,(H,18,20)/t13-/m0/s1. The van der Waals surface area contributed by atoms with Gasteiger partial charge in [-0.05, 0) is 31.0 Å². The first-order valence-corrected chi connectivity index (χ1v) is 7.97. The average molecular weight is 320 g/mol. The third-order valence-corrected chi connectivity index (χ3v) is 3.77. The van der Waals surface area contributed by atoms with Gasteiger partial charge in [0.15, 0.2) is 6.61 Å². The van der Waals surface area contributed by atoms with E-state index in [1.807, 2.05) is 24.3 Å². The molecule has 6 nitrogen and oxygen atoms in total. The van der Waals surface area contributed by atoms with E-state index in [2.05, 4.69) is 12.2 Å². The SMILES string of the molecule is CCc1ccc(OCC(=O)N[C@@H](C)C(=O)N2CCOCC2)cc1. The largest absolute Gasteiger partial charge is 0.484 e. The number of rotatable bonds is 6. The molecule has 1 heterocycles. The normalized spacial score (nSPS) is 15.8. The zero-order valence-electron chi connectivity index (χ0n) is 13.7. The monoisotopic (exact) mass is 320 g/mol. The molecule has 0 spiro atoms. The Morgan fingerprint density at radius 3 is 2.52 bits per heavy atom. The number of nitrogens with one attached hydrogen (secondary N) is 1. The molecule has 1 aliphatic heterocycles. The van der Waals surface area contributed by atoms with Crippen molar-refractivity contribution in [1.29, 1.82) is 0 Å². The molecule has 0 aromatic heterocycles. The first-order chi connectivity index (χ1) is 11.1. The molecule has 1 aromatic carbocycles. The molecule has 1 aromatic rings. The van der Waals surface area contributed by atoms with Gasteiger partial charge < -0.3 is 19.7 Å². The number of carbonyl (C=O) groups excluding carboxylic acids is 2. The van der Waals surface area contributed by atoms with Crippen molar-refractivity contribution in [1.82, 2.24) is 10.2 Å². The topological polar surface area (TPSA) is 67.9 Å². The maximum atomic E-state index is 12.2. The number of ether oxygens (including phenoxy) is 2. The van der Waals surface area contributed by atoms with Crippen LogP contribution in [0, 0.1) is 0 Å². The van der Waals surface area contributed by atoms with Gasteiger partial charge in [0.25, 0.3) is 5.91 Å². The number of morpholine rings is 1. The van der Waals surface area contributed by atoms with Crippen LogP contribution in [0.1, 0.15) is 19.4 Å². The summed E-state index contributed by atoms with van der Waals surface area (Å²) in [5.41, 5.74) is 1.21. The first-order valence-electron chi connectivity index (χ1n) is 7.97. The molecule has 2 amide bonds. The lowest BCUT2D eigenvalue weighted by Gasteiger charge is -2.29. The van der Waals surface area contributed by atoms with E-state index in [0.717, 1.165) is 6.42 Å². The van der Waals surface area contributed by atoms with Gasteiger partial charge in [-0.15, -0.1) is 0 Å². The van der Waals surface area contributed by atoms with Gasteiger partial charge in [-0.25, -0.2) is 0 Å². The van der Waals surface area contributed by atoms with E-state index in [-0.39, 0.29) is 18.4 Å². The summed E-state index contributed by atoms with van der Waals surface area (Å²) in [7, 11) is 0. The van der Waals surface area contributed by atoms with Crippen molar-refractivity contribution in [2.45, 2.75) is 26.3 Å². The second-order valence-corrected chi connectivity index (χ2v) is 5.51. The lowest BCUT2D eigenvalue weighted by atomic mass is 10.2. The van der Waals surface area contributed by atoms with Gasteiger partial charge in [-0.3, -0.25) is 9.59 Å². The highest BCUT2D eigenvalue weighted by atomic mass is 16.5. The second-order valence-electron chi connectivity index (χ2n) is 5.51. The van der Waals surface area contributed by atoms with Crippen LogP contribution in [0.4, 0.5) is 0 Å². The van der Waals surface area contributed by atoms with Gasteiger partial charge in [0.2, 0.25) is 5.91 Å². The van der Waals surface area contributed by atoms with Crippen LogP contribution in [0.2, 0.25) is 0 Å². The minimum atomic E-state index is -0.563. The molecule has 1 saturated heterocycles. The Morgan fingerprint density at radius 2 is 1.91 bits per heavy atom. The first kappa shape index (κ1) is 17.3. The van der Waals surface area contributed by atoms with Gasteiger partial charge in [-0.2, -0.15) is 0 Å². The van der Waals surface area contributed by atoms with Crippen LogP contribution < -0.4 is 10.1 Å². The minimum Gasteiger partial charge on any atom is -0.484 e. The molecule has 126 valence electrons. The maximum absolute atomic E-state index is 12.2. The van der Waals surface area contributed by atoms with Crippen LogP contribution in [-0.4, -0.2) is 55.7 Å². The number of carbonyl (C=O) groups is 2. The van der Waals surface area contributed by atoms with Gasteiger partial charge in [0.05, 0.1) is 13.2 Å². The van der Waals surface area contributed by atoms with Gasteiger partial charge in [0.1, 0.15) is 11.8 Å². The van der Waals surface area contributed by atoms with E-state index >= 15 is 0 Å². The van der Waals surface area contributed by atoms with Crippen LogP contribution in [0.15, 0.2) is 24.3 Å². The molecule has 0 aliphatic carbocycles. The zero-order valence-corrected chi connectivity index (χ0v) is 13.7. The third kappa shape index (κ3) is 5.25. The molecule has 1 N–H and O–H groups in total. The Hall–Kier alpha value is -2.08. The summed E-state index contributed by atoms with van der Waals surface area (Å²) < 4.78 is 10.6. The maximum Gasteiger partial charge on any atom is 0.258 e. The number of hydrogen-bond donors (Lipinski definition) is 1. The van der Waals surface area contributed by atoms with E-state index < -0.39 is 6.04 Å². The molecule has 0 radical (unpaired) electrons. The van der Waals surface area contributed by atoms with Crippen LogP contribution in [0.25, 0.3) is 0 Å². The predicted octanol–water partition coefficient (Wildman–Crippen LogP) is 0.991. The van der Waals surface area contributed by atoms with Crippen molar-refractivity contribution in [3.8, 4) is 5.75 Å². The average Bonchev–Trinajstić information content (AvgIpc) is 2.60. The molecule has 0 saturated carbocycles. The number of nitrogens with zero attached hydrogens (tertiary/aromatic N) is 1. The van der Waals surface area contributed by atoms with Gasteiger partial charge in [0, 0.05) is 13.1 Å². The zero-order chi connectivity index (χ0) is 16.7. The summed E-state index contributed by atoms with van der Waals surface area (Å²) >= 11 is 0. The third-order valence-electron chi connectivity index (χ3n) is 3.77. The van der Waals surface area contributed by atoms with E-state index in [9.17, 15) is 9.59 Å². The highest BCUT2D eigenvalue weighted by Gasteiger charge is 2.23. The van der Waals surface area contributed by atoms with Gasteiger partial charge >= 0.3 is 0 Å². The minimum absolute atomic E-state index is 0.0889. The Balaban J connectivity index is 1.75. The molecule has 1 atom stereocenters. The van der Waals surface area contributed by atoms with Crippen LogP contribution in [0.5, 0.6) is 5.75 Å². The summed E-state index contributed by atoms with van der Waals surface area (Å²) in [6.07, 6.45) is 0.960. The molecule has 6 heteroatoms. The van der Waals surface area contributed by atoms with E-state index in [0.29, 0.717) is 32.1 Å². The van der Waals surface area contributed by atoms with E-state index in [1.54, 1.807) is 11.8 Å². The molecule has 0 unspecified atom stereocenters. The summed E-state index contributed by atoms with van der Waals surface area (Å²) in [5.74, 6) is 0.247. The van der Waals surface area contributed by atoms with Crippen molar-refractivity contribution < 1.29 is 19.1 Å². The lowest BCUT2D eigenvalue weighted by molar-refractivity contribution is -0.139. The van der Waals surface area contributed by atoms with Crippen molar-refractivity contribution in [3.63, 3.8) is 0 Å². The highest BCUT2D eigenvalue weighted by molar-refractivity contribution is 5.87. The van der Waals surface area contributed by atoms with Crippen LogP contribution in [-0.2, 0) is 20.7 Å². The molecule has 1 fully saturated rings. The molecule has 23 heavy (non-hydrogen) atoms. The fraction of sp³-hybridized carbons (Fsp3) is 0.529. The second kappa shape index (κ2) is 8.53. The van der Waals surface area contributed by atoms with E-state index in [1.165, 1.54) is 5.56 Å². The summed E-state index contributed by atoms with van der Waals surface area (Å²) in [6, 6.07) is 7.06. The number of benzene rings is 1. The van der Waals surface area contributed by atoms with Crippen LogP contribution >= 0.6 is 0 Å². The molecular formula is C17H24N2O4. The predicted molar refractivity (Wildman–Crippen MR) is 86.3 cm³/mol. The smallest absolute Gasteiger partial charge is 0.258 e. The van der Waals surface area contributed by atoms with Crippen molar-refractivity contribution in [3.05, 3.63) is 29.8 Å². The molecule has 1 aliphatic rings. The summed E-state index contributed by atoms with van der Waals surface area (Å²) in [5, 5.41) is 2.67. The Labute approximate surface area is 136 Å². The molecule has 0 bridgehead atoms. The number of aryl methyl sites for hydroxylation is 1. The molecular weight excluding hydrogens is 296 g/mol. The van der Waals surface area contributed by atoms with E-state index in [4.69, 9.17) is 9.47 Å². The van der Waals surface area contributed by atoms with Crippen LogP contribution in [0.3, 0.4) is 0 Å². The van der Waals surface area contributed by atoms with Gasteiger partial charge in [-0.1, -0.05) is 19.1 Å². The number of amides is 2. The Kier molecular flexibility index (Phi) is 6.40. The fourth-order valence-corrected chi connectivity index (χ4v) is 2.37. The highest BCUT2D eigenvalue weighted by Crippen LogP contribution is 2.12. The Morgan fingerprint density at radius 1 is 1.26 bits per heavy atom. The summed E-state index contributed by atoms with van der Waals surface area (Å²) in [6.45, 7) is 5.89. The Bertz CT molecular complexity index is 524. The van der Waals surface area contributed by atoms with Crippen molar-refractivity contribution in [2.75, 3.05) is 32.9 Å². The fourth-order valence-electron chi connectivity index (χ4n) is 2.37. The van der Waals surface area contributed by atoms with Crippen molar-refractivity contribution in [2.24, 2.45) is 0 Å². The lowest BCUT2D eigenvalue weighted by Crippen LogP contribution is -2.51. The van der Waals surface area contributed by atoms with Crippen molar-refractivity contribution >= 4 is 11.8 Å². The molecule has 2 rings (SSSR count). The number of hydrogen-bond acceptors (Lipinski definition) is 4.